The molecule has 2 aromatic carbocycles. The van der Waals surface area contributed by atoms with Crippen molar-refractivity contribution < 1.29 is 13.2 Å². The molecule has 0 saturated carbocycles. The molecule has 2 aromatic rings. The van der Waals surface area contributed by atoms with Crippen LogP contribution in [-0.2, 0) is 0 Å². The second-order valence-corrected chi connectivity index (χ2v) is 5.28. The van der Waals surface area contributed by atoms with E-state index in [1.165, 1.54) is 31.2 Å². The van der Waals surface area contributed by atoms with Gasteiger partial charge in [0.05, 0.1) is 5.83 Å². The maximum absolute atomic E-state index is 14.2. The zero-order valence-electron chi connectivity index (χ0n) is 12.8. The average Bonchev–Trinajstić information content (AvgIpc) is 2.44. The SMILES string of the molecule is C/C(F)=C\C=C(/C)c1ccc(-c2ccc(C)cc2F)cc1F. The second-order valence-electron chi connectivity index (χ2n) is 5.28. The van der Waals surface area contributed by atoms with E-state index in [1.807, 2.05) is 0 Å². The molecule has 0 radical (unpaired) electrons. The highest BCUT2D eigenvalue weighted by molar-refractivity contribution is 5.71. The average molecular weight is 302 g/mol. The highest BCUT2D eigenvalue weighted by Gasteiger charge is 2.09. The van der Waals surface area contributed by atoms with Crippen LogP contribution in [0, 0.1) is 18.6 Å². The standard InChI is InChI=1S/C19H17F3/c1-12-4-8-17(18(21)10-12)15-7-9-16(19(22)11-15)13(2)5-6-14(3)20/h4-11H,1-3H3/b13-5+,14-6+. The Kier molecular flexibility index (Phi) is 4.86. The Hall–Kier alpha value is -2.29. The van der Waals surface area contributed by atoms with Crippen LogP contribution in [-0.4, -0.2) is 0 Å². The van der Waals surface area contributed by atoms with Gasteiger partial charge in [0.1, 0.15) is 11.6 Å². The molecule has 2 rings (SSSR count). The van der Waals surface area contributed by atoms with E-state index in [0.717, 1.165) is 5.56 Å². The van der Waals surface area contributed by atoms with Crippen LogP contribution in [0.3, 0.4) is 0 Å². The van der Waals surface area contributed by atoms with E-state index < -0.39 is 5.82 Å². The lowest BCUT2D eigenvalue weighted by Crippen LogP contribution is -1.91. The van der Waals surface area contributed by atoms with E-state index in [2.05, 4.69) is 0 Å². The van der Waals surface area contributed by atoms with Crippen LogP contribution in [0.1, 0.15) is 25.0 Å². The third kappa shape index (κ3) is 3.67. The monoisotopic (exact) mass is 302 g/mol. The Morgan fingerprint density at radius 2 is 1.64 bits per heavy atom. The molecule has 0 atom stereocenters. The molecule has 0 aromatic heterocycles. The molecule has 0 spiro atoms. The first-order valence-corrected chi connectivity index (χ1v) is 6.95. The zero-order valence-corrected chi connectivity index (χ0v) is 12.8. The maximum Gasteiger partial charge on any atom is 0.131 e. The summed E-state index contributed by atoms with van der Waals surface area (Å²) in [6.07, 6.45) is 2.79. The molecule has 0 aliphatic rings. The van der Waals surface area contributed by atoms with Crippen LogP contribution in [0.15, 0.2) is 54.4 Å². The molecule has 0 unspecified atom stereocenters. The van der Waals surface area contributed by atoms with E-state index >= 15 is 0 Å². The number of benzene rings is 2. The highest BCUT2D eigenvalue weighted by atomic mass is 19.1. The Bertz CT molecular complexity index is 751. The second kappa shape index (κ2) is 6.65. The van der Waals surface area contributed by atoms with Gasteiger partial charge in [0, 0.05) is 11.1 Å². The van der Waals surface area contributed by atoms with Crippen molar-refractivity contribution in [3.05, 3.63) is 77.1 Å². The largest absolute Gasteiger partial charge is 0.212 e. The molecule has 3 heteroatoms. The minimum absolute atomic E-state index is 0.349. The number of aryl methyl sites for hydroxylation is 1. The highest BCUT2D eigenvalue weighted by Crippen LogP contribution is 2.27. The van der Waals surface area contributed by atoms with Gasteiger partial charge in [0.25, 0.3) is 0 Å². The predicted molar refractivity (Wildman–Crippen MR) is 85.0 cm³/mol. The molecular weight excluding hydrogens is 285 g/mol. The molecule has 0 nitrogen and oxygen atoms in total. The van der Waals surface area contributed by atoms with Gasteiger partial charge in [-0.05, 0) is 55.7 Å². The van der Waals surface area contributed by atoms with Gasteiger partial charge >= 0.3 is 0 Å². The minimum atomic E-state index is -0.462. The summed E-state index contributed by atoms with van der Waals surface area (Å²) in [7, 11) is 0. The summed E-state index contributed by atoms with van der Waals surface area (Å²) in [4.78, 5) is 0. The lowest BCUT2D eigenvalue weighted by molar-refractivity contribution is 0.621. The Labute approximate surface area is 128 Å². The van der Waals surface area contributed by atoms with Crippen molar-refractivity contribution in [3.8, 4) is 11.1 Å². The summed E-state index contributed by atoms with van der Waals surface area (Å²) >= 11 is 0. The van der Waals surface area contributed by atoms with Gasteiger partial charge < -0.3 is 0 Å². The predicted octanol–water partition coefficient (Wildman–Crippen LogP) is 6.22. The lowest BCUT2D eigenvalue weighted by atomic mass is 9.99. The summed E-state index contributed by atoms with van der Waals surface area (Å²) in [6, 6.07) is 9.38. The molecule has 22 heavy (non-hydrogen) atoms. The topological polar surface area (TPSA) is 0 Å². The van der Waals surface area contributed by atoms with Crippen LogP contribution in [0.5, 0.6) is 0 Å². The van der Waals surface area contributed by atoms with Gasteiger partial charge in [-0.3, -0.25) is 0 Å². The molecule has 0 aliphatic carbocycles. The van der Waals surface area contributed by atoms with Crippen molar-refractivity contribution >= 4 is 5.57 Å². The van der Waals surface area contributed by atoms with Crippen LogP contribution in [0.2, 0.25) is 0 Å². The minimum Gasteiger partial charge on any atom is -0.212 e. The van der Waals surface area contributed by atoms with Crippen molar-refractivity contribution in [1.29, 1.82) is 0 Å². The molecule has 114 valence electrons. The Morgan fingerprint density at radius 3 is 2.23 bits per heavy atom. The van der Waals surface area contributed by atoms with Crippen molar-refractivity contribution in [2.75, 3.05) is 0 Å². The summed E-state index contributed by atoms with van der Waals surface area (Å²) in [5.74, 6) is -1.19. The van der Waals surface area contributed by atoms with Gasteiger partial charge in [0.2, 0.25) is 0 Å². The number of allylic oxidation sites excluding steroid dienone is 4. The Balaban J connectivity index is 2.42. The summed E-state index contributed by atoms with van der Waals surface area (Å²) < 4.78 is 40.9. The van der Waals surface area contributed by atoms with Gasteiger partial charge in [-0.15, -0.1) is 0 Å². The van der Waals surface area contributed by atoms with E-state index in [4.69, 9.17) is 0 Å². The fourth-order valence-electron chi connectivity index (χ4n) is 2.19. The normalized spacial score (nSPS) is 12.6. The van der Waals surface area contributed by atoms with Gasteiger partial charge in [-0.25, -0.2) is 13.2 Å². The first kappa shape index (κ1) is 16.1. The van der Waals surface area contributed by atoms with Gasteiger partial charge in [0.15, 0.2) is 0 Å². The summed E-state index contributed by atoms with van der Waals surface area (Å²) in [5.41, 5.74) is 2.62. The van der Waals surface area contributed by atoms with Crippen LogP contribution in [0.25, 0.3) is 16.7 Å². The molecule has 0 saturated heterocycles. The summed E-state index contributed by atoms with van der Waals surface area (Å²) in [5, 5.41) is 0. The first-order valence-electron chi connectivity index (χ1n) is 6.95. The molecule has 0 N–H and O–H groups in total. The third-order valence-corrected chi connectivity index (χ3v) is 3.39. The molecule has 0 aliphatic heterocycles. The number of rotatable bonds is 3. The number of halogens is 3. The molecule has 0 heterocycles. The number of hydrogen-bond donors (Lipinski definition) is 0. The molecule has 0 fully saturated rings. The lowest BCUT2D eigenvalue weighted by Gasteiger charge is -2.08. The first-order chi connectivity index (χ1) is 10.4. The van der Waals surface area contributed by atoms with Crippen molar-refractivity contribution in [2.45, 2.75) is 20.8 Å². The van der Waals surface area contributed by atoms with E-state index in [1.54, 1.807) is 38.1 Å². The Morgan fingerprint density at radius 1 is 0.909 bits per heavy atom. The van der Waals surface area contributed by atoms with Crippen LogP contribution in [0.4, 0.5) is 13.2 Å². The van der Waals surface area contributed by atoms with Gasteiger partial charge in [-0.2, -0.15) is 0 Å². The van der Waals surface area contributed by atoms with Gasteiger partial charge in [-0.1, -0.05) is 30.3 Å². The van der Waals surface area contributed by atoms with E-state index in [9.17, 15) is 13.2 Å². The smallest absolute Gasteiger partial charge is 0.131 e. The maximum atomic E-state index is 14.2. The quantitative estimate of drug-likeness (QED) is 0.591. The third-order valence-electron chi connectivity index (χ3n) is 3.39. The molecule has 0 bridgehead atoms. The molecular formula is C19H17F3. The van der Waals surface area contributed by atoms with E-state index in [0.29, 0.717) is 22.3 Å². The van der Waals surface area contributed by atoms with Crippen molar-refractivity contribution in [1.82, 2.24) is 0 Å². The fourth-order valence-corrected chi connectivity index (χ4v) is 2.19. The van der Waals surface area contributed by atoms with Crippen LogP contribution < -0.4 is 0 Å². The van der Waals surface area contributed by atoms with E-state index in [-0.39, 0.29) is 11.6 Å². The van der Waals surface area contributed by atoms with Crippen LogP contribution >= 0.6 is 0 Å². The van der Waals surface area contributed by atoms with Crippen molar-refractivity contribution in [3.63, 3.8) is 0 Å². The number of hydrogen-bond acceptors (Lipinski definition) is 0. The fraction of sp³-hybridized carbons (Fsp3) is 0.158. The molecule has 0 amide bonds. The summed E-state index contributed by atoms with van der Waals surface area (Å²) in [6.45, 7) is 4.82. The zero-order chi connectivity index (χ0) is 16.3. The van der Waals surface area contributed by atoms with Crippen molar-refractivity contribution in [2.24, 2.45) is 0 Å².